The summed E-state index contributed by atoms with van der Waals surface area (Å²) < 4.78 is 6.13. The average Bonchev–Trinajstić information content (AvgIpc) is 3.20. The second kappa shape index (κ2) is 10.3. The van der Waals surface area contributed by atoms with Gasteiger partial charge in [0, 0.05) is 24.1 Å². The topological polar surface area (TPSA) is 99.2 Å². The van der Waals surface area contributed by atoms with Crippen LogP contribution >= 0.6 is 0 Å². The second-order valence-electron chi connectivity index (χ2n) is 11.0. The molecule has 1 atom stereocenters. The third-order valence-corrected chi connectivity index (χ3v) is 7.95. The first-order valence-corrected chi connectivity index (χ1v) is 13.1. The number of hydrogen-bond acceptors (Lipinski definition) is 6. The summed E-state index contributed by atoms with van der Waals surface area (Å²) in [4.78, 5) is 40.8. The molecule has 196 valence electrons. The maximum absolute atomic E-state index is 13.0. The molecule has 2 aromatic carbocycles. The van der Waals surface area contributed by atoms with E-state index in [1.165, 1.54) is 5.56 Å². The summed E-state index contributed by atoms with van der Waals surface area (Å²) in [5, 5.41) is 12.6. The number of nitrogens with one attached hydrogen (secondary N) is 1. The van der Waals surface area contributed by atoms with Gasteiger partial charge in [0.05, 0.1) is 12.1 Å². The molecule has 0 aromatic heterocycles. The third kappa shape index (κ3) is 5.55. The van der Waals surface area contributed by atoms with E-state index in [0.717, 1.165) is 43.6 Å². The van der Waals surface area contributed by atoms with E-state index < -0.39 is 17.6 Å². The van der Waals surface area contributed by atoms with Crippen molar-refractivity contribution in [3.8, 4) is 5.75 Å². The van der Waals surface area contributed by atoms with Crippen molar-refractivity contribution in [3.05, 3.63) is 64.7 Å². The van der Waals surface area contributed by atoms with Crippen molar-refractivity contribution < 1.29 is 24.2 Å². The molecule has 0 spiro atoms. The lowest BCUT2D eigenvalue weighted by Gasteiger charge is -2.37. The van der Waals surface area contributed by atoms with Gasteiger partial charge >= 0.3 is 0 Å². The first-order valence-electron chi connectivity index (χ1n) is 13.1. The van der Waals surface area contributed by atoms with Gasteiger partial charge in [-0.1, -0.05) is 30.3 Å². The van der Waals surface area contributed by atoms with Crippen LogP contribution in [0.5, 0.6) is 5.75 Å². The number of fused-ring (bicyclic) bond motifs is 1. The molecule has 5 rings (SSSR count). The molecule has 2 N–H and O–H groups in total. The fourth-order valence-electron chi connectivity index (χ4n) is 5.65. The molecule has 2 fully saturated rings. The summed E-state index contributed by atoms with van der Waals surface area (Å²) in [6.07, 6.45) is 2.60. The SMILES string of the molecule is CC(C)(O)C1CCN(Cc2ccc(COc3cccc4c3CN(C3CCC(=O)NC3=O)C4=O)cc2)CC1. The van der Waals surface area contributed by atoms with Crippen LogP contribution in [0.3, 0.4) is 0 Å². The number of aliphatic hydroxyl groups is 1. The first-order chi connectivity index (χ1) is 17.7. The van der Waals surface area contributed by atoms with Gasteiger partial charge in [0.2, 0.25) is 11.8 Å². The fraction of sp³-hybridized carbons (Fsp3) is 0.483. The molecule has 0 saturated carbocycles. The number of benzene rings is 2. The number of likely N-dealkylation sites (tertiary alicyclic amines) is 1. The first kappa shape index (κ1) is 25.4. The molecule has 0 aliphatic carbocycles. The van der Waals surface area contributed by atoms with Crippen LogP contribution in [0.15, 0.2) is 42.5 Å². The molecule has 2 aromatic rings. The maximum atomic E-state index is 13.0. The Kier molecular flexibility index (Phi) is 7.05. The van der Waals surface area contributed by atoms with E-state index in [9.17, 15) is 19.5 Å². The van der Waals surface area contributed by atoms with Crippen molar-refractivity contribution in [2.24, 2.45) is 5.92 Å². The van der Waals surface area contributed by atoms with Crippen LogP contribution in [0, 0.1) is 5.92 Å². The Hall–Kier alpha value is -3.23. The molecular weight excluding hydrogens is 470 g/mol. The normalized spacial score (nSPS) is 21.2. The number of carbonyl (C=O) groups excluding carboxylic acids is 3. The van der Waals surface area contributed by atoms with Crippen LogP contribution in [-0.4, -0.2) is 57.4 Å². The summed E-state index contributed by atoms with van der Waals surface area (Å²) in [5.74, 6) is 0.0803. The number of rotatable bonds is 7. The van der Waals surface area contributed by atoms with Crippen molar-refractivity contribution in [1.82, 2.24) is 15.1 Å². The quantitative estimate of drug-likeness (QED) is 0.562. The summed E-state index contributed by atoms with van der Waals surface area (Å²) in [5.41, 5.74) is 3.00. The predicted molar refractivity (Wildman–Crippen MR) is 138 cm³/mol. The zero-order chi connectivity index (χ0) is 26.2. The molecule has 3 heterocycles. The van der Waals surface area contributed by atoms with Gasteiger partial charge in [0.1, 0.15) is 18.4 Å². The minimum absolute atomic E-state index is 0.203. The number of carbonyl (C=O) groups is 3. The van der Waals surface area contributed by atoms with E-state index in [2.05, 4.69) is 34.5 Å². The van der Waals surface area contributed by atoms with Crippen LogP contribution in [-0.2, 0) is 29.3 Å². The number of hydrogen-bond donors (Lipinski definition) is 2. The zero-order valence-corrected chi connectivity index (χ0v) is 21.5. The van der Waals surface area contributed by atoms with Crippen molar-refractivity contribution in [3.63, 3.8) is 0 Å². The summed E-state index contributed by atoms with van der Waals surface area (Å²) >= 11 is 0. The van der Waals surface area contributed by atoms with Gasteiger partial charge in [-0.05, 0) is 75.4 Å². The highest BCUT2D eigenvalue weighted by molar-refractivity contribution is 6.05. The second-order valence-corrected chi connectivity index (χ2v) is 11.0. The molecule has 1 unspecified atom stereocenters. The Labute approximate surface area is 217 Å². The standard InChI is InChI=1S/C29H35N3O5/c1-29(2,36)21-12-14-31(15-13-21)16-19-6-8-20(9-7-19)18-37-25-5-3-4-22-23(25)17-32(28(22)35)24-10-11-26(33)30-27(24)34/h3-9,21,24,36H,10-18H2,1-2H3,(H,30,33,34). The Bertz CT molecular complexity index is 1180. The van der Waals surface area contributed by atoms with Crippen molar-refractivity contribution in [2.75, 3.05) is 13.1 Å². The van der Waals surface area contributed by atoms with E-state index in [-0.39, 0.29) is 18.2 Å². The van der Waals surface area contributed by atoms with E-state index in [1.807, 2.05) is 19.9 Å². The Morgan fingerprint density at radius 3 is 2.38 bits per heavy atom. The minimum atomic E-state index is -0.640. The van der Waals surface area contributed by atoms with Gasteiger partial charge < -0.3 is 14.7 Å². The summed E-state index contributed by atoms with van der Waals surface area (Å²) in [7, 11) is 0. The summed E-state index contributed by atoms with van der Waals surface area (Å²) in [6.45, 7) is 7.36. The number of piperidine rings is 2. The van der Waals surface area contributed by atoms with Crippen LogP contribution in [0.4, 0.5) is 0 Å². The Morgan fingerprint density at radius 1 is 1.00 bits per heavy atom. The highest BCUT2D eigenvalue weighted by Gasteiger charge is 2.40. The Balaban J connectivity index is 1.17. The molecular formula is C29H35N3O5. The fourth-order valence-corrected chi connectivity index (χ4v) is 5.65. The lowest BCUT2D eigenvalue weighted by molar-refractivity contribution is -0.136. The maximum Gasteiger partial charge on any atom is 0.255 e. The van der Waals surface area contributed by atoms with Gasteiger partial charge in [-0.3, -0.25) is 24.6 Å². The van der Waals surface area contributed by atoms with E-state index in [1.54, 1.807) is 17.0 Å². The monoisotopic (exact) mass is 505 g/mol. The number of amides is 3. The zero-order valence-electron chi connectivity index (χ0n) is 21.5. The number of nitrogens with zero attached hydrogens (tertiary/aromatic N) is 2. The van der Waals surface area contributed by atoms with Gasteiger partial charge in [0.25, 0.3) is 5.91 Å². The molecule has 3 aliphatic rings. The molecule has 3 amide bonds. The van der Waals surface area contributed by atoms with Gasteiger partial charge in [-0.15, -0.1) is 0 Å². The van der Waals surface area contributed by atoms with Gasteiger partial charge in [-0.2, -0.15) is 0 Å². The number of imide groups is 1. The molecule has 8 nitrogen and oxygen atoms in total. The minimum Gasteiger partial charge on any atom is -0.489 e. The van der Waals surface area contributed by atoms with Crippen LogP contribution in [0.2, 0.25) is 0 Å². The lowest BCUT2D eigenvalue weighted by atomic mass is 9.83. The van der Waals surface area contributed by atoms with Crippen LogP contribution in [0.25, 0.3) is 0 Å². The smallest absolute Gasteiger partial charge is 0.255 e. The molecule has 8 heteroatoms. The number of ether oxygens (including phenoxy) is 1. The van der Waals surface area contributed by atoms with E-state index >= 15 is 0 Å². The van der Waals surface area contributed by atoms with Crippen molar-refractivity contribution in [2.45, 2.75) is 70.9 Å². The predicted octanol–water partition coefficient (Wildman–Crippen LogP) is 3.01. The van der Waals surface area contributed by atoms with E-state index in [4.69, 9.17) is 4.74 Å². The molecule has 2 saturated heterocycles. The molecule has 0 bridgehead atoms. The third-order valence-electron chi connectivity index (χ3n) is 7.95. The van der Waals surface area contributed by atoms with Crippen LogP contribution in [0.1, 0.15) is 66.6 Å². The van der Waals surface area contributed by atoms with Crippen molar-refractivity contribution in [1.29, 1.82) is 0 Å². The largest absolute Gasteiger partial charge is 0.489 e. The Morgan fingerprint density at radius 2 is 1.70 bits per heavy atom. The van der Waals surface area contributed by atoms with Crippen LogP contribution < -0.4 is 10.1 Å². The lowest BCUT2D eigenvalue weighted by Crippen LogP contribution is -2.52. The molecule has 0 radical (unpaired) electrons. The van der Waals surface area contributed by atoms with Gasteiger partial charge in [0.15, 0.2) is 0 Å². The highest BCUT2D eigenvalue weighted by Crippen LogP contribution is 2.34. The highest BCUT2D eigenvalue weighted by atomic mass is 16.5. The average molecular weight is 506 g/mol. The van der Waals surface area contributed by atoms with Crippen molar-refractivity contribution >= 4 is 17.7 Å². The summed E-state index contributed by atoms with van der Waals surface area (Å²) in [6, 6.07) is 13.2. The molecule has 37 heavy (non-hydrogen) atoms. The van der Waals surface area contributed by atoms with E-state index in [0.29, 0.717) is 36.8 Å². The molecule has 3 aliphatic heterocycles. The van der Waals surface area contributed by atoms with Gasteiger partial charge in [-0.25, -0.2) is 0 Å².